The summed E-state index contributed by atoms with van der Waals surface area (Å²) in [7, 11) is 0. The highest BCUT2D eigenvalue weighted by Gasteiger charge is 2.16. The van der Waals surface area contributed by atoms with Crippen molar-refractivity contribution in [1.29, 1.82) is 0 Å². The molecule has 0 saturated carbocycles. The maximum Gasteiger partial charge on any atom is 0.0138 e. The summed E-state index contributed by atoms with van der Waals surface area (Å²) in [6.07, 6.45) is 18.3. The SMILES string of the molecule is BrC1=CCCC(c2ccc3c(c2)CCC(c2ccc4ccc5c6c(ccc5c4c2)CCC=C6)=C3)=C1. The lowest BCUT2D eigenvalue weighted by atomic mass is 9.85. The van der Waals surface area contributed by atoms with E-state index in [0.717, 1.165) is 38.5 Å². The molecule has 7 rings (SSSR count). The zero-order valence-electron chi connectivity index (χ0n) is 19.8. The van der Waals surface area contributed by atoms with Crippen molar-refractivity contribution in [2.75, 3.05) is 0 Å². The summed E-state index contributed by atoms with van der Waals surface area (Å²) in [6.45, 7) is 0. The maximum atomic E-state index is 3.66. The van der Waals surface area contributed by atoms with E-state index >= 15 is 0 Å². The molecule has 1 heteroatoms. The van der Waals surface area contributed by atoms with E-state index in [4.69, 9.17) is 0 Å². The molecule has 0 atom stereocenters. The Morgan fingerprint density at radius 3 is 2.37 bits per heavy atom. The van der Waals surface area contributed by atoms with Gasteiger partial charge >= 0.3 is 0 Å². The second kappa shape index (κ2) is 8.50. The van der Waals surface area contributed by atoms with Crippen LogP contribution in [0.2, 0.25) is 0 Å². The van der Waals surface area contributed by atoms with E-state index in [0.29, 0.717) is 0 Å². The van der Waals surface area contributed by atoms with Gasteiger partial charge in [-0.25, -0.2) is 0 Å². The van der Waals surface area contributed by atoms with Crippen LogP contribution in [0.25, 0.3) is 44.8 Å². The first-order chi connectivity index (χ1) is 17.2. The summed E-state index contributed by atoms with van der Waals surface area (Å²) in [5.74, 6) is 0. The number of fused-ring (bicyclic) bond motifs is 6. The molecule has 0 N–H and O–H groups in total. The van der Waals surface area contributed by atoms with Crippen molar-refractivity contribution in [3.05, 3.63) is 117 Å². The molecule has 3 aliphatic carbocycles. The van der Waals surface area contributed by atoms with Crippen LogP contribution in [0.1, 0.15) is 59.1 Å². The van der Waals surface area contributed by atoms with Gasteiger partial charge in [0.2, 0.25) is 0 Å². The van der Waals surface area contributed by atoms with Gasteiger partial charge < -0.3 is 0 Å². The minimum absolute atomic E-state index is 1.09. The Bertz CT molecular complexity index is 1640. The first-order valence-corrected chi connectivity index (χ1v) is 13.6. The fraction of sp³-hybridized carbons (Fsp3) is 0.176. The largest absolute Gasteiger partial charge is 0.0836 e. The van der Waals surface area contributed by atoms with E-state index in [2.05, 4.69) is 107 Å². The molecule has 0 spiro atoms. The van der Waals surface area contributed by atoms with Crippen molar-refractivity contribution in [2.45, 2.75) is 38.5 Å². The van der Waals surface area contributed by atoms with E-state index in [1.54, 1.807) is 0 Å². The van der Waals surface area contributed by atoms with Crippen molar-refractivity contribution in [1.82, 2.24) is 0 Å². The van der Waals surface area contributed by atoms with Gasteiger partial charge in [0, 0.05) is 4.48 Å². The third-order valence-electron chi connectivity index (χ3n) is 7.96. The lowest BCUT2D eigenvalue weighted by molar-refractivity contribution is 0.990. The second-order valence-electron chi connectivity index (χ2n) is 10.1. The number of hydrogen-bond donors (Lipinski definition) is 0. The third kappa shape index (κ3) is 3.74. The van der Waals surface area contributed by atoms with Gasteiger partial charge in [0.05, 0.1) is 0 Å². The van der Waals surface area contributed by atoms with Crippen molar-refractivity contribution in [3.8, 4) is 0 Å². The topological polar surface area (TPSA) is 0 Å². The lowest BCUT2D eigenvalue weighted by Gasteiger charge is -2.20. The molecule has 0 nitrogen and oxygen atoms in total. The van der Waals surface area contributed by atoms with Gasteiger partial charge in [-0.3, -0.25) is 0 Å². The molecule has 35 heavy (non-hydrogen) atoms. The molecule has 0 aliphatic heterocycles. The fourth-order valence-electron chi connectivity index (χ4n) is 6.07. The molecular formula is C34H27Br. The lowest BCUT2D eigenvalue weighted by Crippen LogP contribution is -2.01. The number of rotatable bonds is 2. The highest BCUT2D eigenvalue weighted by Crippen LogP contribution is 2.37. The minimum Gasteiger partial charge on any atom is -0.0836 e. The summed E-state index contributed by atoms with van der Waals surface area (Å²) in [6, 6.07) is 23.4. The molecular weight excluding hydrogens is 488 g/mol. The van der Waals surface area contributed by atoms with E-state index in [-0.39, 0.29) is 0 Å². The van der Waals surface area contributed by atoms with Gasteiger partial charge in [-0.05, 0) is 117 Å². The first-order valence-electron chi connectivity index (χ1n) is 12.8. The van der Waals surface area contributed by atoms with Gasteiger partial charge in [0.15, 0.2) is 0 Å². The molecule has 0 aromatic heterocycles. The highest BCUT2D eigenvalue weighted by atomic mass is 79.9. The van der Waals surface area contributed by atoms with Crippen LogP contribution in [0.15, 0.2) is 83.4 Å². The number of halogens is 1. The Morgan fingerprint density at radius 2 is 1.43 bits per heavy atom. The van der Waals surface area contributed by atoms with Gasteiger partial charge in [-0.2, -0.15) is 0 Å². The molecule has 0 amide bonds. The standard InChI is InChI=1S/C34H27Br/c35-30-6-3-5-24(20-30)25-10-11-27-19-28(13-12-26(27)18-25)29-9-8-23-15-16-32-31-7-2-1-4-22(31)14-17-33(32)34(23)21-29/h2,6-11,14-21H,1,3-5,12-13H2. The molecule has 0 saturated heterocycles. The minimum atomic E-state index is 1.09. The number of allylic oxidation sites excluding steroid dienone is 6. The van der Waals surface area contributed by atoms with Crippen LogP contribution in [-0.4, -0.2) is 0 Å². The maximum absolute atomic E-state index is 3.66. The van der Waals surface area contributed by atoms with Gasteiger partial charge in [-0.1, -0.05) is 94.8 Å². The van der Waals surface area contributed by atoms with Crippen molar-refractivity contribution < 1.29 is 0 Å². The molecule has 4 aromatic rings. The zero-order chi connectivity index (χ0) is 23.4. The van der Waals surface area contributed by atoms with E-state index < -0.39 is 0 Å². The number of benzene rings is 4. The Labute approximate surface area is 215 Å². The number of hydrogen-bond acceptors (Lipinski definition) is 0. The molecule has 0 bridgehead atoms. The molecule has 0 heterocycles. The number of aryl methyl sites for hydroxylation is 2. The zero-order valence-corrected chi connectivity index (χ0v) is 21.4. The normalized spacial score (nSPS) is 17.0. The quantitative estimate of drug-likeness (QED) is 0.233. The van der Waals surface area contributed by atoms with Crippen LogP contribution in [0.3, 0.4) is 0 Å². The van der Waals surface area contributed by atoms with Crippen molar-refractivity contribution in [3.63, 3.8) is 0 Å². The predicted octanol–water partition coefficient (Wildman–Crippen LogP) is 9.90. The second-order valence-corrected chi connectivity index (χ2v) is 11.0. The fourth-order valence-corrected chi connectivity index (χ4v) is 6.57. The predicted molar refractivity (Wildman–Crippen MR) is 156 cm³/mol. The van der Waals surface area contributed by atoms with E-state index in [9.17, 15) is 0 Å². The molecule has 0 fully saturated rings. The Morgan fingerprint density at radius 1 is 0.600 bits per heavy atom. The Hall–Kier alpha value is -3.16. The monoisotopic (exact) mass is 514 g/mol. The molecule has 4 aromatic carbocycles. The summed E-state index contributed by atoms with van der Waals surface area (Å²) < 4.78 is 1.21. The van der Waals surface area contributed by atoms with E-state index in [1.165, 1.54) is 70.6 Å². The smallest absolute Gasteiger partial charge is 0.0138 e. The van der Waals surface area contributed by atoms with Gasteiger partial charge in [0.25, 0.3) is 0 Å². The third-order valence-corrected chi connectivity index (χ3v) is 8.51. The molecule has 170 valence electrons. The first kappa shape index (κ1) is 21.1. The average Bonchev–Trinajstić information content (AvgIpc) is 2.92. The Kier molecular flexibility index (Phi) is 5.14. The summed E-state index contributed by atoms with van der Waals surface area (Å²) in [5.41, 5.74) is 11.4. The molecule has 0 radical (unpaired) electrons. The molecule has 3 aliphatic rings. The van der Waals surface area contributed by atoms with Crippen molar-refractivity contribution >= 4 is 60.8 Å². The van der Waals surface area contributed by atoms with Crippen LogP contribution >= 0.6 is 15.9 Å². The van der Waals surface area contributed by atoms with E-state index in [1.807, 2.05) is 0 Å². The molecule has 0 unspecified atom stereocenters. The van der Waals surface area contributed by atoms with Crippen LogP contribution in [0.5, 0.6) is 0 Å². The van der Waals surface area contributed by atoms with Crippen LogP contribution in [-0.2, 0) is 12.8 Å². The highest BCUT2D eigenvalue weighted by molar-refractivity contribution is 9.11. The summed E-state index contributed by atoms with van der Waals surface area (Å²) in [4.78, 5) is 0. The van der Waals surface area contributed by atoms with Crippen LogP contribution < -0.4 is 0 Å². The van der Waals surface area contributed by atoms with Gasteiger partial charge in [0.1, 0.15) is 0 Å². The van der Waals surface area contributed by atoms with Crippen LogP contribution in [0.4, 0.5) is 0 Å². The Balaban J connectivity index is 1.29. The average molecular weight is 515 g/mol. The van der Waals surface area contributed by atoms with Crippen LogP contribution in [0, 0.1) is 0 Å². The van der Waals surface area contributed by atoms with Gasteiger partial charge in [-0.15, -0.1) is 0 Å². The summed E-state index contributed by atoms with van der Waals surface area (Å²) >= 11 is 3.66. The van der Waals surface area contributed by atoms with Crippen molar-refractivity contribution in [2.24, 2.45) is 0 Å². The summed E-state index contributed by atoms with van der Waals surface area (Å²) in [5, 5.41) is 5.45.